The van der Waals surface area contributed by atoms with E-state index in [1.54, 1.807) is 31.0 Å². The van der Waals surface area contributed by atoms with Crippen LogP contribution in [0.1, 0.15) is 60.8 Å². The Morgan fingerprint density at radius 3 is 2.58 bits per heavy atom. The maximum atomic E-state index is 14.9. The largest absolute Gasteiger partial charge is 0.506 e. The summed E-state index contributed by atoms with van der Waals surface area (Å²) < 4.78 is 20.2. The first kappa shape index (κ1) is 39.9. The number of carbonyl (C=O) groups excluding carboxylic acids is 3. The van der Waals surface area contributed by atoms with Crippen LogP contribution in [0.3, 0.4) is 0 Å². The molecule has 5 N–H and O–H groups in total. The van der Waals surface area contributed by atoms with Gasteiger partial charge in [0.05, 0.1) is 30.3 Å². The molecule has 15 nitrogen and oxygen atoms in total. The number of aromatic nitrogens is 2. The molecule has 0 saturated heterocycles. The lowest BCUT2D eigenvalue weighted by Crippen LogP contribution is -2.44. The summed E-state index contributed by atoms with van der Waals surface area (Å²) in [5.74, 6) is -1.81. The van der Waals surface area contributed by atoms with Crippen LogP contribution in [0.15, 0.2) is 64.2 Å². The second-order valence-corrected chi connectivity index (χ2v) is 12.6. The van der Waals surface area contributed by atoms with Gasteiger partial charge in [0.1, 0.15) is 30.0 Å². The standard InChI is InChI=1S/C37H46FN9O6/c1-7-28(39-5)33(46(16-14-41-22-48)15-13-30-34(51)23(2)42-21-43-30)36(52)47(45-35(40-6)26-10-8-9-24-19-53-20-27(24)26)18-32(50)44-29-12-11-25(17-31(29)49)37(3,4)38/h8-12,17,21-22,39,49,51H,6-7,13-16,18-20H2,1-5H3,(H,41,48)(H,44,50)/b33-28+,45-35-. The molecule has 0 atom stereocenters. The van der Waals surface area contributed by atoms with Crippen LogP contribution in [0.2, 0.25) is 0 Å². The number of fused-ring (bicyclic) bond motifs is 1. The third kappa shape index (κ3) is 9.91. The fourth-order valence-corrected chi connectivity index (χ4v) is 5.76. The van der Waals surface area contributed by atoms with Gasteiger partial charge in [-0.2, -0.15) is 0 Å². The average molecular weight is 732 g/mol. The Kier molecular flexibility index (Phi) is 13.6. The predicted octanol–water partition coefficient (Wildman–Crippen LogP) is 3.39. The number of aliphatic imine (C=N–C) groups is 1. The fraction of sp³-hybridized carbons (Fsp3) is 0.378. The van der Waals surface area contributed by atoms with Crippen molar-refractivity contribution in [3.05, 3.63) is 87.8 Å². The lowest BCUT2D eigenvalue weighted by molar-refractivity contribution is -0.132. The molecule has 0 saturated carbocycles. The van der Waals surface area contributed by atoms with Gasteiger partial charge in [-0.1, -0.05) is 31.2 Å². The number of allylic oxidation sites excluding steroid dienone is 1. The van der Waals surface area contributed by atoms with E-state index in [9.17, 15) is 29.0 Å². The number of hydrogen-bond acceptors (Lipinski definition) is 11. The second-order valence-electron chi connectivity index (χ2n) is 12.6. The number of hydrazone groups is 1. The quantitative estimate of drug-likeness (QED) is 0.0261. The van der Waals surface area contributed by atoms with E-state index >= 15 is 0 Å². The number of phenols is 1. The number of nitrogens with one attached hydrogen (secondary N) is 3. The van der Waals surface area contributed by atoms with Crippen LogP contribution >= 0.6 is 0 Å². The number of aryl methyl sites for hydroxylation is 1. The van der Waals surface area contributed by atoms with E-state index < -0.39 is 24.0 Å². The second kappa shape index (κ2) is 18.0. The van der Waals surface area contributed by atoms with Crippen molar-refractivity contribution in [2.24, 2.45) is 10.1 Å². The summed E-state index contributed by atoms with van der Waals surface area (Å²) in [5.41, 5.74) is 2.15. The van der Waals surface area contributed by atoms with Crippen LogP contribution in [-0.4, -0.2) is 94.1 Å². The Morgan fingerprint density at radius 2 is 1.92 bits per heavy atom. The van der Waals surface area contributed by atoms with Gasteiger partial charge < -0.3 is 35.8 Å². The number of nitrogens with zero attached hydrogens (tertiary/aromatic N) is 6. The Morgan fingerprint density at radius 1 is 1.15 bits per heavy atom. The zero-order chi connectivity index (χ0) is 38.7. The van der Waals surface area contributed by atoms with Crippen molar-refractivity contribution in [3.63, 3.8) is 0 Å². The molecule has 0 spiro atoms. The predicted molar refractivity (Wildman–Crippen MR) is 198 cm³/mol. The van der Waals surface area contributed by atoms with Crippen molar-refractivity contribution in [1.82, 2.24) is 30.5 Å². The van der Waals surface area contributed by atoms with E-state index in [0.29, 0.717) is 42.1 Å². The first-order valence-corrected chi connectivity index (χ1v) is 17.0. The summed E-state index contributed by atoms with van der Waals surface area (Å²) >= 11 is 0. The Balaban J connectivity index is 1.80. The normalized spacial score (nSPS) is 13.1. The van der Waals surface area contributed by atoms with E-state index in [1.807, 2.05) is 13.0 Å². The molecule has 0 unspecified atom stereocenters. The van der Waals surface area contributed by atoms with Gasteiger partial charge in [0.15, 0.2) is 11.6 Å². The molecule has 0 fully saturated rings. The maximum Gasteiger partial charge on any atom is 0.292 e. The number of carbonyl (C=O) groups is 3. The number of benzene rings is 2. The van der Waals surface area contributed by atoms with Crippen LogP contribution in [0.5, 0.6) is 11.5 Å². The topological polar surface area (TPSA) is 194 Å². The zero-order valence-corrected chi connectivity index (χ0v) is 30.6. The van der Waals surface area contributed by atoms with Crippen LogP contribution in [0, 0.1) is 6.92 Å². The molecular formula is C37H46FN9O6. The molecule has 1 aromatic heterocycles. The van der Waals surface area contributed by atoms with Gasteiger partial charge in [-0.25, -0.2) is 24.4 Å². The van der Waals surface area contributed by atoms with E-state index in [4.69, 9.17) is 4.74 Å². The lowest BCUT2D eigenvalue weighted by atomic mass is 9.99. The molecule has 1 aliphatic rings. The average Bonchev–Trinajstić information content (AvgIpc) is 3.62. The SMILES string of the molecule is C=N/C(=N\N(CC(=O)Nc1ccc(C(C)(C)F)cc1O)C(=O)/C(=C(/CC)NC)N(CCNC=O)CCc1ncnc(C)c1O)c1cccc2c1COC2. The molecule has 53 heavy (non-hydrogen) atoms. The smallest absolute Gasteiger partial charge is 0.292 e. The summed E-state index contributed by atoms with van der Waals surface area (Å²) in [6, 6.07) is 9.52. The summed E-state index contributed by atoms with van der Waals surface area (Å²) in [5, 5.41) is 35.2. The minimum Gasteiger partial charge on any atom is -0.506 e. The van der Waals surface area contributed by atoms with E-state index in [2.05, 4.69) is 42.7 Å². The van der Waals surface area contributed by atoms with Gasteiger partial charge in [-0.15, -0.1) is 5.10 Å². The van der Waals surface area contributed by atoms with Gasteiger partial charge in [0.2, 0.25) is 12.3 Å². The molecule has 0 aliphatic carbocycles. The van der Waals surface area contributed by atoms with Crippen molar-refractivity contribution in [2.45, 2.75) is 59.4 Å². The summed E-state index contributed by atoms with van der Waals surface area (Å²) in [7, 11) is 1.66. The molecule has 3 amide bonds. The molecule has 2 heterocycles. The number of ether oxygens (including phenoxy) is 1. The molecule has 3 aromatic rings. The highest BCUT2D eigenvalue weighted by molar-refractivity contribution is 6.05. The summed E-state index contributed by atoms with van der Waals surface area (Å²) in [6.07, 6.45) is 2.43. The van der Waals surface area contributed by atoms with Crippen molar-refractivity contribution in [3.8, 4) is 11.5 Å². The zero-order valence-electron chi connectivity index (χ0n) is 30.6. The Hall–Kier alpha value is -5.90. The van der Waals surface area contributed by atoms with E-state index in [-0.39, 0.29) is 66.9 Å². The Bertz CT molecular complexity index is 1890. The van der Waals surface area contributed by atoms with Gasteiger partial charge >= 0.3 is 0 Å². The van der Waals surface area contributed by atoms with E-state index in [1.165, 1.54) is 38.4 Å². The van der Waals surface area contributed by atoms with Gasteiger partial charge in [0, 0.05) is 44.4 Å². The molecule has 16 heteroatoms. The minimum atomic E-state index is -1.74. The number of rotatable bonds is 17. The maximum absolute atomic E-state index is 14.9. The molecule has 2 aromatic carbocycles. The van der Waals surface area contributed by atoms with Gasteiger partial charge in [-0.05, 0) is 62.7 Å². The summed E-state index contributed by atoms with van der Waals surface area (Å²) in [6.45, 7) is 10.4. The molecular weight excluding hydrogens is 685 g/mol. The highest BCUT2D eigenvalue weighted by Gasteiger charge is 2.30. The highest BCUT2D eigenvalue weighted by Crippen LogP contribution is 2.32. The fourth-order valence-electron chi connectivity index (χ4n) is 5.76. The number of halogens is 1. The third-order valence-electron chi connectivity index (χ3n) is 8.64. The molecule has 282 valence electrons. The van der Waals surface area contributed by atoms with Crippen molar-refractivity contribution in [1.29, 1.82) is 0 Å². The number of hydrogen-bond donors (Lipinski definition) is 5. The molecule has 4 rings (SSSR count). The van der Waals surface area contributed by atoms with Crippen molar-refractivity contribution >= 4 is 36.5 Å². The van der Waals surface area contributed by atoms with E-state index in [0.717, 1.165) is 16.1 Å². The van der Waals surface area contributed by atoms with Crippen LogP contribution in [0.25, 0.3) is 0 Å². The van der Waals surface area contributed by atoms with Gasteiger partial charge in [0.25, 0.3) is 5.91 Å². The van der Waals surface area contributed by atoms with Crippen molar-refractivity contribution < 1.29 is 33.7 Å². The first-order valence-electron chi connectivity index (χ1n) is 17.0. The lowest BCUT2D eigenvalue weighted by Gasteiger charge is -2.31. The molecule has 0 radical (unpaired) electrons. The molecule has 0 bridgehead atoms. The monoisotopic (exact) mass is 731 g/mol. The number of aromatic hydroxyl groups is 2. The highest BCUT2D eigenvalue weighted by atomic mass is 19.1. The minimum absolute atomic E-state index is 0.00114. The number of phenolic OH excluding ortho intramolecular Hbond substituents is 1. The number of anilines is 1. The molecule has 1 aliphatic heterocycles. The van der Waals surface area contributed by atoms with Gasteiger partial charge in [-0.3, -0.25) is 14.4 Å². The first-order chi connectivity index (χ1) is 25.3. The van der Waals surface area contributed by atoms with Crippen LogP contribution in [-0.2, 0) is 44.4 Å². The van der Waals surface area contributed by atoms with Crippen LogP contribution < -0.4 is 16.0 Å². The number of amidine groups is 1. The number of amides is 3. The Labute approximate surface area is 307 Å². The summed E-state index contributed by atoms with van der Waals surface area (Å²) in [4.78, 5) is 53.9. The third-order valence-corrected chi connectivity index (χ3v) is 8.64. The van der Waals surface area contributed by atoms with Crippen molar-refractivity contribution in [2.75, 3.05) is 38.5 Å². The number of alkyl halides is 1. The van der Waals surface area contributed by atoms with Crippen LogP contribution in [0.4, 0.5) is 10.1 Å².